The molecule has 132 valence electrons. The molecule has 0 atom stereocenters. The van der Waals surface area contributed by atoms with Gasteiger partial charge in [0.2, 0.25) is 11.6 Å². The van der Waals surface area contributed by atoms with E-state index in [-0.39, 0.29) is 35.0 Å². The number of benzene rings is 2. The molecule has 2 aromatic rings. The van der Waals surface area contributed by atoms with Crippen molar-refractivity contribution in [1.29, 1.82) is 0 Å². The Balaban J connectivity index is 2.09. The summed E-state index contributed by atoms with van der Waals surface area (Å²) in [7, 11) is 1.49. The van der Waals surface area contributed by atoms with Gasteiger partial charge in [0.15, 0.2) is 0 Å². The zero-order valence-electron chi connectivity index (χ0n) is 14.1. The molecule has 0 N–H and O–H groups in total. The predicted octanol–water partition coefficient (Wildman–Crippen LogP) is 3.30. The second-order valence-electron chi connectivity index (χ2n) is 5.68. The minimum Gasteiger partial charge on any atom is -0.383 e. The molecule has 1 amide bonds. The number of rotatable bonds is 5. The third-order valence-corrected chi connectivity index (χ3v) is 4.44. The van der Waals surface area contributed by atoms with Crippen LogP contribution >= 0.6 is 11.6 Å². The van der Waals surface area contributed by atoms with Crippen molar-refractivity contribution >= 4 is 29.1 Å². The lowest BCUT2D eigenvalue weighted by molar-refractivity contribution is 0.0718. The van der Waals surface area contributed by atoms with E-state index in [2.05, 4.69) is 0 Å². The first kappa shape index (κ1) is 18.0. The average molecular weight is 370 g/mol. The van der Waals surface area contributed by atoms with E-state index in [9.17, 15) is 14.4 Å². The fourth-order valence-electron chi connectivity index (χ4n) is 2.81. The van der Waals surface area contributed by atoms with E-state index >= 15 is 0 Å². The highest BCUT2D eigenvalue weighted by Crippen LogP contribution is 2.31. The number of hydrogen-bond donors (Lipinski definition) is 0. The molecule has 0 heterocycles. The van der Waals surface area contributed by atoms with Crippen LogP contribution in [-0.4, -0.2) is 42.6 Å². The van der Waals surface area contributed by atoms with Gasteiger partial charge in [-0.15, -0.1) is 0 Å². The number of allylic oxidation sites excluding steroid dienone is 2. The Morgan fingerprint density at radius 1 is 0.962 bits per heavy atom. The Bertz CT molecular complexity index is 905. The molecule has 26 heavy (non-hydrogen) atoms. The number of hydrogen-bond acceptors (Lipinski definition) is 4. The summed E-state index contributed by atoms with van der Waals surface area (Å²) in [5, 5.41) is -0.255. The maximum Gasteiger partial charge on any atom is 0.258 e. The summed E-state index contributed by atoms with van der Waals surface area (Å²) in [6, 6.07) is 14.9. The Labute approximate surface area is 155 Å². The molecule has 0 saturated carbocycles. The number of Topliss-reactive ketones (excluding diaryl/α,β-unsaturated/α-hetero) is 2. The highest BCUT2D eigenvalue weighted by atomic mass is 35.5. The SMILES string of the molecule is COCCN(C(=O)c1ccccc1)C1=C(Cl)C(=O)c2ccccc2C1=O. The van der Waals surface area contributed by atoms with Gasteiger partial charge in [-0.1, -0.05) is 54.1 Å². The van der Waals surface area contributed by atoms with Crippen LogP contribution in [-0.2, 0) is 4.74 Å². The van der Waals surface area contributed by atoms with Crippen molar-refractivity contribution in [3.8, 4) is 0 Å². The van der Waals surface area contributed by atoms with E-state index in [1.807, 2.05) is 0 Å². The van der Waals surface area contributed by atoms with Gasteiger partial charge in [0.25, 0.3) is 5.91 Å². The second-order valence-corrected chi connectivity index (χ2v) is 6.06. The molecule has 0 unspecified atom stereocenters. The number of ketones is 2. The van der Waals surface area contributed by atoms with E-state index in [1.165, 1.54) is 12.0 Å². The van der Waals surface area contributed by atoms with Crippen molar-refractivity contribution in [2.24, 2.45) is 0 Å². The minimum atomic E-state index is -0.472. The number of halogens is 1. The molecular weight excluding hydrogens is 354 g/mol. The van der Waals surface area contributed by atoms with Gasteiger partial charge >= 0.3 is 0 Å². The molecule has 6 heteroatoms. The molecule has 0 bridgehead atoms. The number of fused-ring (bicyclic) bond motifs is 1. The number of amides is 1. The van der Waals surface area contributed by atoms with Crippen LogP contribution in [0.5, 0.6) is 0 Å². The standard InChI is InChI=1S/C20H16ClNO4/c1-26-12-11-22(20(25)13-7-3-2-4-8-13)17-16(21)18(23)14-9-5-6-10-15(14)19(17)24/h2-10H,11-12H2,1H3. The van der Waals surface area contributed by atoms with Crippen LogP contribution in [0.3, 0.4) is 0 Å². The summed E-state index contributed by atoms with van der Waals surface area (Å²) in [4.78, 5) is 39.8. The van der Waals surface area contributed by atoms with E-state index in [4.69, 9.17) is 16.3 Å². The Morgan fingerprint density at radius 3 is 2.15 bits per heavy atom. The quantitative estimate of drug-likeness (QED) is 0.811. The summed E-state index contributed by atoms with van der Waals surface area (Å²) in [6.07, 6.45) is 0. The van der Waals surface area contributed by atoms with Gasteiger partial charge in [-0.2, -0.15) is 0 Å². The molecule has 2 aromatic carbocycles. The molecule has 1 aliphatic carbocycles. The smallest absolute Gasteiger partial charge is 0.258 e. The maximum absolute atomic E-state index is 13.0. The fourth-order valence-corrected chi connectivity index (χ4v) is 3.10. The van der Waals surface area contributed by atoms with Crippen LogP contribution in [0.25, 0.3) is 0 Å². The van der Waals surface area contributed by atoms with E-state index in [0.29, 0.717) is 5.56 Å². The normalized spacial score (nSPS) is 13.6. The van der Waals surface area contributed by atoms with Gasteiger partial charge < -0.3 is 9.64 Å². The van der Waals surface area contributed by atoms with Gasteiger partial charge in [-0.05, 0) is 12.1 Å². The summed E-state index contributed by atoms with van der Waals surface area (Å²) >= 11 is 6.24. The topological polar surface area (TPSA) is 63.7 Å². The Hall–Kier alpha value is -2.76. The van der Waals surface area contributed by atoms with Gasteiger partial charge in [0.05, 0.1) is 6.61 Å². The molecule has 0 radical (unpaired) electrons. The highest BCUT2D eigenvalue weighted by molar-refractivity contribution is 6.50. The maximum atomic E-state index is 13.0. The van der Waals surface area contributed by atoms with Gasteiger partial charge in [0, 0.05) is 30.3 Å². The first-order valence-electron chi connectivity index (χ1n) is 8.00. The van der Waals surface area contributed by atoms with Crippen molar-refractivity contribution < 1.29 is 19.1 Å². The molecule has 0 aromatic heterocycles. The second kappa shape index (κ2) is 7.64. The van der Waals surface area contributed by atoms with Crippen molar-refractivity contribution in [3.05, 3.63) is 82.0 Å². The average Bonchev–Trinajstić information content (AvgIpc) is 2.69. The van der Waals surface area contributed by atoms with Crippen LogP contribution in [0, 0.1) is 0 Å². The predicted molar refractivity (Wildman–Crippen MR) is 97.3 cm³/mol. The number of methoxy groups -OCH3 is 1. The van der Waals surface area contributed by atoms with Crippen molar-refractivity contribution in [2.75, 3.05) is 20.3 Å². The van der Waals surface area contributed by atoms with Crippen LogP contribution in [0.15, 0.2) is 65.3 Å². The van der Waals surface area contributed by atoms with Crippen molar-refractivity contribution in [3.63, 3.8) is 0 Å². The summed E-state index contributed by atoms with van der Waals surface area (Å²) in [5.41, 5.74) is 0.756. The molecule has 0 fully saturated rings. The van der Waals surface area contributed by atoms with Crippen molar-refractivity contribution in [1.82, 2.24) is 4.90 Å². The Morgan fingerprint density at radius 2 is 1.54 bits per heavy atom. The third kappa shape index (κ3) is 3.19. The van der Waals surface area contributed by atoms with Gasteiger partial charge in [0.1, 0.15) is 10.7 Å². The fraction of sp³-hybridized carbons (Fsp3) is 0.150. The number of carbonyl (C=O) groups excluding carboxylic acids is 3. The van der Waals surface area contributed by atoms with E-state index in [1.54, 1.807) is 54.6 Å². The summed E-state index contributed by atoms with van der Waals surface area (Å²) < 4.78 is 5.06. The molecule has 1 aliphatic rings. The summed E-state index contributed by atoms with van der Waals surface area (Å²) in [6.45, 7) is 0.284. The zero-order valence-corrected chi connectivity index (χ0v) is 14.8. The third-order valence-electron chi connectivity index (χ3n) is 4.09. The van der Waals surface area contributed by atoms with Gasteiger partial charge in [-0.25, -0.2) is 0 Å². The lowest BCUT2D eigenvalue weighted by Crippen LogP contribution is -2.39. The van der Waals surface area contributed by atoms with Crippen LogP contribution in [0.1, 0.15) is 31.1 Å². The molecule has 5 nitrogen and oxygen atoms in total. The lowest BCUT2D eigenvalue weighted by Gasteiger charge is -2.28. The molecule has 3 rings (SSSR count). The van der Waals surface area contributed by atoms with E-state index < -0.39 is 17.5 Å². The van der Waals surface area contributed by atoms with Gasteiger partial charge in [-0.3, -0.25) is 14.4 Å². The van der Waals surface area contributed by atoms with Crippen molar-refractivity contribution in [2.45, 2.75) is 0 Å². The lowest BCUT2D eigenvalue weighted by atomic mass is 9.91. The zero-order chi connectivity index (χ0) is 18.7. The molecular formula is C20H16ClNO4. The van der Waals surface area contributed by atoms with E-state index in [0.717, 1.165) is 0 Å². The molecule has 0 spiro atoms. The first-order valence-corrected chi connectivity index (χ1v) is 8.38. The van der Waals surface area contributed by atoms with Crippen LogP contribution in [0.4, 0.5) is 0 Å². The van der Waals surface area contributed by atoms with Crippen LogP contribution < -0.4 is 0 Å². The highest BCUT2D eigenvalue weighted by Gasteiger charge is 2.36. The Kier molecular flexibility index (Phi) is 5.30. The molecule has 0 aliphatic heterocycles. The molecule has 0 saturated heterocycles. The largest absolute Gasteiger partial charge is 0.383 e. The first-order chi connectivity index (χ1) is 12.6. The number of nitrogens with zero attached hydrogens (tertiary/aromatic N) is 1. The van der Waals surface area contributed by atoms with Crippen LogP contribution in [0.2, 0.25) is 0 Å². The monoisotopic (exact) mass is 369 g/mol. The summed E-state index contributed by atoms with van der Waals surface area (Å²) in [5.74, 6) is -1.35. The minimum absolute atomic E-state index is 0.0942. The number of ether oxygens (including phenoxy) is 1. The number of carbonyl (C=O) groups is 3.